The van der Waals surface area contributed by atoms with Crippen LogP contribution in [0.4, 0.5) is 11.6 Å². The molecule has 0 saturated heterocycles. The minimum absolute atomic E-state index is 0.326. The highest BCUT2D eigenvalue weighted by molar-refractivity contribution is 7.98. The number of carbonyl (C=O) groups excluding carboxylic acids is 1. The van der Waals surface area contributed by atoms with E-state index in [2.05, 4.69) is 20.5 Å². The molecule has 112 valence electrons. The molecule has 1 aromatic carbocycles. The number of H-pyrrole nitrogens is 1. The minimum Gasteiger partial charge on any atom is -0.457 e. The Kier molecular flexibility index (Phi) is 4.24. The number of anilines is 2. The van der Waals surface area contributed by atoms with Crippen LogP contribution in [0.1, 0.15) is 21.9 Å². The third-order valence-corrected chi connectivity index (χ3v) is 3.87. The van der Waals surface area contributed by atoms with Gasteiger partial charge in [0.25, 0.3) is 0 Å². The summed E-state index contributed by atoms with van der Waals surface area (Å²) in [6.45, 7) is 2.02. The van der Waals surface area contributed by atoms with Crippen molar-refractivity contribution in [3.63, 3.8) is 0 Å². The fourth-order valence-corrected chi connectivity index (χ4v) is 2.57. The first-order chi connectivity index (χ1) is 10.7. The predicted octanol–water partition coefficient (Wildman–Crippen LogP) is 3.55. The molecule has 0 aliphatic heterocycles. The molecule has 0 aliphatic carbocycles. The number of hydrogen-bond donors (Lipinski definition) is 2. The summed E-state index contributed by atoms with van der Waals surface area (Å²) in [4.78, 5) is 14.9. The quantitative estimate of drug-likeness (QED) is 0.534. The zero-order chi connectivity index (χ0) is 15.4. The summed E-state index contributed by atoms with van der Waals surface area (Å²) in [5.74, 6) is 2.19. The first-order valence-corrected chi connectivity index (χ1v) is 7.65. The van der Waals surface area contributed by atoms with Crippen LogP contribution in [0.3, 0.4) is 0 Å². The lowest BCUT2D eigenvalue weighted by molar-refractivity contribution is 0.109. The molecule has 7 heteroatoms. The second-order valence-electron chi connectivity index (χ2n) is 4.62. The normalized spacial score (nSPS) is 10.6. The Balaban J connectivity index is 1.61. The van der Waals surface area contributed by atoms with Crippen LogP contribution in [0.15, 0.2) is 46.0 Å². The van der Waals surface area contributed by atoms with Crippen molar-refractivity contribution >= 4 is 29.7 Å². The molecule has 0 spiro atoms. The highest BCUT2D eigenvalue weighted by Gasteiger charge is 2.07. The maximum atomic E-state index is 10.6. The summed E-state index contributed by atoms with van der Waals surface area (Å²) < 4.78 is 5.30. The van der Waals surface area contributed by atoms with Crippen molar-refractivity contribution in [2.75, 3.05) is 5.32 Å². The number of carbonyl (C=O) groups is 1. The molecule has 3 aromatic rings. The fourth-order valence-electron chi connectivity index (χ4n) is 1.88. The zero-order valence-corrected chi connectivity index (χ0v) is 12.7. The molecular formula is C15H14N4O2S. The summed E-state index contributed by atoms with van der Waals surface area (Å²) in [6.07, 6.45) is 0.686. The molecule has 0 atom stereocenters. The third kappa shape index (κ3) is 3.37. The molecule has 2 aromatic heterocycles. The van der Waals surface area contributed by atoms with Crippen LogP contribution in [0.25, 0.3) is 0 Å². The smallest absolute Gasteiger partial charge is 0.223 e. The van der Waals surface area contributed by atoms with Gasteiger partial charge in [0.1, 0.15) is 5.76 Å². The Morgan fingerprint density at radius 1 is 1.32 bits per heavy atom. The van der Waals surface area contributed by atoms with Gasteiger partial charge in [-0.1, -0.05) is 30.0 Å². The predicted molar refractivity (Wildman–Crippen MR) is 84.5 cm³/mol. The Morgan fingerprint density at radius 3 is 2.95 bits per heavy atom. The monoisotopic (exact) mass is 314 g/mol. The van der Waals surface area contributed by atoms with Gasteiger partial charge in [0.15, 0.2) is 12.0 Å². The van der Waals surface area contributed by atoms with E-state index in [0.717, 1.165) is 11.3 Å². The lowest BCUT2D eigenvalue weighted by Gasteiger charge is -2.04. The molecule has 0 amide bonds. The maximum absolute atomic E-state index is 10.6. The standard InChI is InChI=1S/C15H14N4O2S/c1-10-4-2-3-5-13(10)16-14-17-15(19-18-14)22-9-12-7-6-11(8-20)21-12/h2-8H,9H2,1H3,(H2,16,17,18,19). The molecule has 2 N–H and O–H groups in total. The van der Waals surface area contributed by atoms with E-state index in [4.69, 9.17) is 4.42 Å². The fraction of sp³-hybridized carbons (Fsp3) is 0.133. The van der Waals surface area contributed by atoms with Gasteiger partial charge in [-0.05, 0) is 30.7 Å². The SMILES string of the molecule is Cc1ccccc1Nc1nc(SCc2ccc(C=O)o2)n[nH]1. The molecule has 6 nitrogen and oxygen atoms in total. The maximum Gasteiger partial charge on any atom is 0.223 e. The number of nitrogens with one attached hydrogen (secondary N) is 2. The van der Waals surface area contributed by atoms with Crippen LogP contribution >= 0.6 is 11.8 Å². The molecule has 0 unspecified atom stereocenters. The lowest BCUT2D eigenvalue weighted by atomic mass is 10.2. The summed E-state index contributed by atoms with van der Waals surface area (Å²) in [6, 6.07) is 11.4. The van der Waals surface area contributed by atoms with E-state index >= 15 is 0 Å². The number of aryl methyl sites for hydroxylation is 1. The molecular weight excluding hydrogens is 300 g/mol. The van der Waals surface area contributed by atoms with E-state index < -0.39 is 0 Å². The molecule has 0 saturated carbocycles. The summed E-state index contributed by atoms with van der Waals surface area (Å²) >= 11 is 1.43. The summed E-state index contributed by atoms with van der Waals surface area (Å²) in [5, 5.41) is 10.8. The van der Waals surface area contributed by atoms with Gasteiger partial charge in [0.05, 0.1) is 5.75 Å². The van der Waals surface area contributed by atoms with Gasteiger partial charge in [0.2, 0.25) is 11.1 Å². The highest BCUT2D eigenvalue weighted by atomic mass is 32.2. The van der Waals surface area contributed by atoms with E-state index in [1.807, 2.05) is 31.2 Å². The molecule has 0 fully saturated rings. The van der Waals surface area contributed by atoms with Crippen molar-refractivity contribution in [1.82, 2.24) is 15.2 Å². The molecule has 3 rings (SSSR count). The Bertz CT molecular complexity index is 781. The van der Waals surface area contributed by atoms with Crippen LogP contribution in [0.2, 0.25) is 0 Å². The number of aromatic nitrogens is 3. The molecule has 22 heavy (non-hydrogen) atoms. The van der Waals surface area contributed by atoms with E-state index in [9.17, 15) is 4.79 Å². The first-order valence-electron chi connectivity index (χ1n) is 6.66. The van der Waals surface area contributed by atoms with E-state index in [-0.39, 0.29) is 0 Å². The van der Waals surface area contributed by atoms with Gasteiger partial charge in [-0.25, -0.2) is 5.10 Å². The average molecular weight is 314 g/mol. The van der Waals surface area contributed by atoms with Crippen LogP contribution in [0, 0.1) is 6.92 Å². The van der Waals surface area contributed by atoms with Gasteiger partial charge < -0.3 is 9.73 Å². The van der Waals surface area contributed by atoms with Crippen molar-refractivity contribution in [2.45, 2.75) is 17.8 Å². The van der Waals surface area contributed by atoms with Crippen LogP contribution in [0.5, 0.6) is 0 Å². The van der Waals surface area contributed by atoms with Gasteiger partial charge in [-0.3, -0.25) is 4.79 Å². The van der Waals surface area contributed by atoms with Crippen molar-refractivity contribution in [3.8, 4) is 0 Å². The molecule has 0 aliphatic rings. The number of aromatic amines is 1. The number of benzene rings is 1. The number of furan rings is 1. The molecule has 0 bridgehead atoms. The number of nitrogens with zero attached hydrogens (tertiary/aromatic N) is 2. The topological polar surface area (TPSA) is 83.8 Å². The third-order valence-electron chi connectivity index (χ3n) is 3.01. The Hall–Kier alpha value is -2.54. The van der Waals surface area contributed by atoms with E-state index in [1.54, 1.807) is 12.1 Å². The zero-order valence-electron chi connectivity index (χ0n) is 11.9. The van der Waals surface area contributed by atoms with Gasteiger partial charge >= 0.3 is 0 Å². The number of rotatable bonds is 6. The minimum atomic E-state index is 0.326. The van der Waals surface area contributed by atoms with Crippen molar-refractivity contribution in [1.29, 1.82) is 0 Å². The molecule has 0 radical (unpaired) electrons. The van der Waals surface area contributed by atoms with Crippen molar-refractivity contribution < 1.29 is 9.21 Å². The summed E-state index contributed by atoms with van der Waals surface area (Å²) in [5.41, 5.74) is 2.11. The highest BCUT2D eigenvalue weighted by Crippen LogP contribution is 2.23. The number of hydrogen-bond acceptors (Lipinski definition) is 6. The van der Waals surface area contributed by atoms with Gasteiger partial charge in [-0.2, -0.15) is 4.98 Å². The van der Waals surface area contributed by atoms with Crippen molar-refractivity contribution in [2.24, 2.45) is 0 Å². The number of para-hydroxylation sites is 1. The lowest BCUT2D eigenvalue weighted by Crippen LogP contribution is -1.94. The second-order valence-corrected chi connectivity index (χ2v) is 5.56. The van der Waals surface area contributed by atoms with Crippen LogP contribution in [-0.4, -0.2) is 21.5 Å². The summed E-state index contributed by atoms with van der Waals surface area (Å²) in [7, 11) is 0. The number of aldehydes is 1. The van der Waals surface area contributed by atoms with Crippen LogP contribution in [-0.2, 0) is 5.75 Å². The van der Waals surface area contributed by atoms with E-state index in [1.165, 1.54) is 11.8 Å². The Morgan fingerprint density at radius 2 is 2.18 bits per heavy atom. The average Bonchev–Trinajstić information content (AvgIpc) is 3.16. The van der Waals surface area contributed by atoms with E-state index in [0.29, 0.717) is 34.7 Å². The van der Waals surface area contributed by atoms with Gasteiger partial charge in [0, 0.05) is 5.69 Å². The first kappa shape index (κ1) is 14.4. The second kappa shape index (κ2) is 6.48. The van der Waals surface area contributed by atoms with Gasteiger partial charge in [-0.15, -0.1) is 5.10 Å². The largest absolute Gasteiger partial charge is 0.457 e. The molecule has 2 heterocycles. The Labute approximate surface area is 131 Å². The number of thioether (sulfide) groups is 1. The van der Waals surface area contributed by atoms with Crippen molar-refractivity contribution in [3.05, 3.63) is 53.5 Å². The van der Waals surface area contributed by atoms with Crippen LogP contribution < -0.4 is 5.32 Å².